The van der Waals surface area contributed by atoms with Gasteiger partial charge in [0.25, 0.3) is 0 Å². The molecule has 2 heterocycles. The largest absolute Gasteiger partial charge is 0.355 e. The van der Waals surface area contributed by atoms with Gasteiger partial charge in [0.2, 0.25) is 5.91 Å². The van der Waals surface area contributed by atoms with E-state index in [0.717, 1.165) is 50.8 Å². The molecule has 0 saturated carbocycles. The van der Waals surface area contributed by atoms with Crippen molar-refractivity contribution in [3.63, 3.8) is 0 Å². The molecule has 1 aromatic heterocycles. The Hall–Kier alpha value is -2.09. The number of guanidine groups is 1. The molecule has 0 atom stereocenters. The minimum Gasteiger partial charge on any atom is -0.355 e. The first-order chi connectivity index (χ1) is 12.1. The molecule has 8 nitrogen and oxygen atoms in total. The van der Waals surface area contributed by atoms with Crippen LogP contribution in [0.1, 0.15) is 20.3 Å². The van der Waals surface area contributed by atoms with Crippen LogP contribution >= 0.6 is 0 Å². The quantitative estimate of drug-likeness (QED) is 0.569. The maximum Gasteiger partial charge on any atom is 0.246 e. The van der Waals surface area contributed by atoms with Gasteiger partial charge in [0, 0.05) is 46.5 Å². The Balaban J connectivity index is 1.85. The second-order valence-corrected chi connectivity index (χ2v) is 6.25. The molecule has 1 amide bonds. The number of carbonyl (C=O) groups is 1. The van der Waals surface area contributed by atoms with Crippen molar-refractivity contribution < 1.29 is 4.79 Å². The van der Waals surface area contributed by atoms with Crippen LogP contribution in [-0.4, -0.2) is 84.3 Å². The smallest absolute Gasteiger partial charge is 0.246 e. The van der Waals surface area contributed by atoms with Crippen molar-refractivity contribution in [2.45, 2.75) is 20.3 Å². The average molecular weight is 349 g/mol. The predicted octanol–water partition coefficient (Wildman–Crippen LogP) is 0.376. The minimum atomic E-state index is 0.0726. The number of amides is 1. The molecule has 2 rings (SSSR count). The Morgan fingerprint density at radius 1 is 1.36 bits per heavy atom. The van der Waals surface area contributed by atoms with Crippen molar-refractivity contribution in [2.75, 3.05) is 57.8 Å². The molecule has 1 fully saturated rings. The van der Waals surface area contributed by atoms with Gasteiger partial charge < -0.3 is 20.0 Å². The van der Waals surface area contributed by atoms with Gasteiger partial charge in [-0.3, -0.25) is 14.5 Å². The van der Waals surface area contributed by atoms with E-state index in [9.17, 15) is 4.79 Å². The highest BCUT2D eigenvalue weighted by atomic mass is 16.2. The van der Waals surface area contributed by atoms with E-state index in [4.69, 9.17) is 0 Å². The summed E-state index contributed by atoms with van der Waals surface area (Å²) in [5.41, 5.74) is 0.855. The zero-order valence-electron chi connectivity index (χ0n) is 15.9. The van der Waals surface area contributed by atoms with Crippen LogP contribution in [0.5, 0.6) is 0 Å². The summed E-state index contributed by atoms with van der Waals surface area (Å²) in [6.45, 7) is 10.1. The summed E-state index contributed by atoms with van der Waals surface area (Å²) in [6, 6.07) is 0. The summed E-state index contributed by atoms with van der Waals surface area (Å²) in [6.07, 6.45) is 4.76. The van der Waals surface area contributed by atoms with E-state index in [1.807, 2.05) is 18.1 Å². The van der Waals surface area contributed by atoms with E-state index in [2.05, 4.69) is 34.2 Å². The summed E-state index contributed by atoms with van der Waals surface area (Å²) in [5.74, 6) is 0.870. The summed E-state index contributed by atoms with van der Waals surface area (Å²) in [5, 5.41) is 7.53. The molecule has 1 aromatic rings. The maximum absolute atomic E-state index is 12.5. The van der Waals surface area contributed by atoms with Crippen molar-refractivity contribution in [3.05, 3.63) is 12.4 Å². The van der Waals surface area contributed by atoms with E-state index >= 15 is 0 Å². The molecular weight excluding hydrogens is 318 g/mol. The molecule has 1 aliphatic rings. The van der Waals surface area contributed by atoms with E-state index in [0.29, 0.717) is 13.1 Å². The third-order valence-corrected chi connectivity index (χ3v) is 4.43. The van der Waals surface area contributed by atoms with Crippen LogP contribution in [0.15, 0.2) is 17.4 Å². The summed E-state index contributed by atoms with van der Waals surface area (Å²) < 4.78 is 1.71. The predicted molar refractivity (Wildman–Crippen MR) is 101 cm³/mol. The van der Waals surface area contributed by atoms with Gasteiger partial charge in [-0.2, -0.15) is 5.10 Å². The fourth-order valence-corrected chi connectivity index (χ4v) is 3.08. The summed E-state index contributed by atoms with van der Waals surface area (Å²) in [7, 11) is 3.62. The Bertz CT molecular complexity index is 583. The Labute approximate surface area is 150 Å². The molecule has 8 heteroatoms. The third-order valence-electron chi connectivity index (χ3n) is 4.43. The lowest BCUT2D eigenvalue weighted by atomic mass is 10.3. The van der Waals surface area contributed by atoms with Gasteiger partial charge in [0.15, 0.2) is 5.96 Å². The summed E-state index contributed by atoms with van der Waals surface area (Å²) in [4.78, 5) is 23.1. The highest BCUT2D eigenvalue weighted by molar-refractivity contribution is 5.98. The zero-order valence-corrected chi connectivity index (χ0v) is 15.9. The highest BCUT2D eigenvalue weighted by Gasteiger charge is 2.27. The number of nitrogens with one attached hydrogen (secondary N) is 1. The van der Waals surface area contributed by atoms with Crippen LogP contribution in [0, 0.1) is 0 Å². The monoisotopic (exact) mass is 349 g/mol. The second-order valence-electron chi connectivity index (χ2n) is 6.25. The molecule has 140 valence electrons. The van der Waals surface area contributed by atoms with Crippen LogP contribution < -0.4 is 10.2 Å². The Kier molecular flexibility index (Phi) is 7.24. The molecule has 0 unspecified atom stereocenters. The zero-order chi connectivity index (χ0) is 18.2. The fraction of sp³-hybridized carbons (Fsp3) is 0.706. The molecular formula is C17H31N7O. The second kappa shape index (κ2) is 9.41. The van der Waals surface area contributed by atoms with E-state index < -0.39 is 0 Å². The SMILES string of the molecule is CCCN(CC)CCNC(=NC)N1CCN(c2cnn(C)c2)C(=O)C1. The van der Waals surface area contributed by atoms with Crippen LogP contribution in [0.2, 0.25) is 0 Å². The van der Waals surface area contributed by atoms with Crippen molar-refractivity contribution >= 4 is 17.6 Å². The Morgan fingerprint density at radius 2 is 2.16 bits per heavy atom. The van der Waals surface area contributed by atoms with Crippen molar-refractivity contribution in [2.24, 2.45) is 12.0 Å². The van der Waals surface area contributed by atoms with Gasteiger partial charge in [-0.15, -0.1) is 0 Å². The van der Waals surface area contributed by atoms with Crippen LogP contribution in [0.3, 0.4) is 0 Å². The van der Waals surface area contributed by atoms with Gasteiger partial charge in [0.05, 0.1) is 11.9 Å². The number of carbonyl (C=O) groups excluding carboxylic acids is 1. The van der Waals surface area contributed by atoms with Crippen LogP contribution in [0.4, 0.5) is 5.69 Å². The molecule has 1 N–H and O–H groups in total. The first-order valence-corrected chi connectivity index (χ1v) is 9.06. The van der Waals surface area contributed by atoms with Gasteiger partial charge in [-0.25, -0.2) is 0 Å². The molecule has 1 saturated heterocycles. The average Bonchev–Trinajstić information content (AvgIpc) is 3.03. The fourth-order valence-electron chi connectivity index (χ4n) is 3.08. The number of aryl methyl sites for hydroxylation is 1. The number of likely N-dealkylation sites (N-methyl/N-ethyl adjacent to an activating group) is 1. The lowest BCUT2D eigenvalue weighted by Crippen LogP contribution is -2.56. The molecule has 0 radical (unpaired) electrons. The van der Waals surface area contributed by atoms with E-state index in [-0.39, 0.29) is 5.91 Å². The van der Waals surface area contributed by atoms with Crippen molar-refractivity contribution in [1.29, 1.82) is 0 Å². The van der Waals surface area contributed by atoms with E-state index in [1.54, 1.807) is 22.8 Å². The lowest BCUT2D eigenvalue weighted by Gasteiger charge is -2.35. The molecule has 25 heavy (non-hydrogen) atoms. The standard InChI is InChI=1S/C17H31N7O/c1-5-8-22(6-2)9-7-19-17(18-3)23-10-11-24(16(25)14-23)15-12-20-21(4)13-15/h12-13H,5-11,14H2,1-4H3,(H,18,19). The number of piperazine rings is 1. The minimum absolute atomic E-state index is 0.0726. The number of aromatic nitrogens is 2. The summed E-state index contributed by atoms with van der Waals surface area (Å²) >= 11 is 0. The van der Waals surface area contributed by atoms with Crippen LogP contribution in [0.25, 0.3) is 0 Å². The number of rotatable bonds is 7. The Morgan fingerprint density at radius 3 is 2.72 bits per heavy atom. The molecule has 0 aliphatic carbocycles. The van der Waals surface area contributed by atoms with Gasteiger partial charge in [-0.1, -0.05) is 13.8 Å². The topological polar surface area (TPSA) is 69.0 Å². The van der Waals surface area contributed by atoms with E-state index in [1.165, 1.54) is 0 Å². The number of aliphatic imine (C=N–C) groups is 1. The first-order valence-electron chi connectivity index (χ1n) is 9.06. The molecule has 1 aliphatic heterocycles. The van der Waals surface area contributed by atoms with Gasteiger partial charge in [-0.05, 0) is 19.5 Å². The van der Waals surface area contributed by atoms with Crippen molar-refractivity contribution in [3.8, 4) is 0 Å². The normalized spacial score (nSPS) is 16.0. The number of nitrogens with zero attached hydrogens (tertiary/aromatic N) is 6. The van der Waals surface area contributed by atoms with Crippen LogP contribution in [-0.2, 0) is 11.8 Å². The van der Waals surface area contributed by atoms with Gasteiger partial charge >= 0.3 is 0 Å². The molecule has 0 spiro atoms. The van der Waals surface area contributed by atoms with Crippen molar-refractivity contribution in [1.82, 2.24) is 24.9 Å². The lowest BCUT2D eigenvalue weighted by molar-refractivity contribution is -0.120. The third kappa shape index (κ3) is 5.19. The molecule has 0 bridgehead atoms. The highest BCUT2D eigenvalue weighted by Crippen LogP contribution is 2.15. The number of hydrogen-bond acceptors (Lipinski definition) is 4. The van der Waals surface area contributed by atoms with Gasteiger partial charge in [0.1, 0.15) is 6.54 Å². The number of hydrogen-bond donors (Lipinski definition) is 1. The maximum atomic E-state index is 12.5. The number of anilines is 1. The molecule has 0 aromatic carbocycles. The first kappa shape index (κ1) is 19.2.